The van der Waals surface area contributed by atoms with E-state index in [2.05, 4.69) is 10.4 Å². The van der Waals surface area contributed by atoms with Gasteiger partial charge in [-0.15, -0.1) is 0 Å². The van der Waals surface area contributed by atoms with Crippen LogP contribution in [0.25, 0.3) is 5.69 Å². The summed E-state index contributed by atoms with van der Waals surface area (Å²) in [5, 5.41) is 7.38. The number of methoxy groups -OCH3 is 1. The summed E-state index contributed by atoms with van der Waals surface area (Å²) in [4.78, 5) is 25.3. The molecule has 1 aliphatic carbocycles. The Morgan fingerprint density at radius 3 is 2.57 bits per heavy atom. The molecule has 0 radical (unpaired) electrons. The van der Waals surface area contributed by atoms with Crippen molar-refractivity contribution in [3.05, 3.63) is 76.5 Å². The van der Waals surface area contributed by atoms with Gasteiger partial charge in [-0.1, -0.05) is 30.3 Å². The number of para-hydroxylation sites is 2. The van der Waals surface area contributed by atoms with Gasteiger partial charge < -0.3 is 10.1 Å². The van der Waals surface area contributed by atoms with E-state index in [0.717, 1.165) is 24.4 Å². The highest BCUT2D eigenvalue weighted by atomic mass is 16.5. The highest BCUT2D eigenvalue weighted by Crippen LogP contribution is 2.39. The minimum Gasteiger partial charge on any atom is -0.496 e. The van der Waals surface area contributed by atoms with Crippen LogP contribution < -0.4 is 15.7 Å². The van der Waals surface area contributed by atoms with Crippen LogP contribution in [-0.2, 0) is 6.54 Å². The molecule has 3 aromatic rings. The molecule has 1 saturated carbocycles. The molecule has 4 rings (SSSR count). The van der Waals surface area contributed by atoms with Gasteiger partial charge in [-0.2, -0.15) is 5.10 Å². The highest BCUT2D eigenvalue weighted by molar-refractivity contribution is 5.96. The lowest BCUT2D eigenvalue weighted by Crippen LogP contribution is -2.32. The van der Waals surface area contributed by atoms with Crippen molar-refractivity contribution in [2.45, 2.75) is 25.3 Å². The molecule has 1 aliphatic rings. The van der Waals surface area contributed by atoms with Gasteiger partial charge in [0.2, 0.25) is 0 Å². The van der Waals surface area contributed by atoms with Gasteiger partial charge in [0, 0.05) is 12.5 Å². The van der Waals surface area contributed by atoms with Crippen LogP contribution in [0.15, 0.2) is 59.4 Å². The zero-order valence-corrected chi connectivity index (χ0v) is 15.7. The Kier molecular flexibility index (Phi) is 4.97. The SMILES string of the molecule is COc1ccccc1C(=O)NCCn1nc(C2CC2)n(-c2ccccc2)c1=O. The summed E-state index contributed by atoms with van der Waals surface area (Å²) in [6, 6.07) is 16.6. The van der Waals surface area contributed by atoms with Crippen molar-refractivity contribution >= 4 is 5.91 Å². The molecule has 0 unspecified atom stereocenters. The van der Waals surface area contributed by atoms with E-state index in [0.29, 0.717) is 30.3 Å². The molecule has 28 heavy (non-hydrogen) atoms. The topological polar surface area (TPSA) is 78.2 Å². The van der Waals surface area contributed by atoms with Crippen LogP contribution in [0.2, 0.25) is 0 Å². The molecule has 1 N–H and O–H groups in total. The number of ether oxygens (including phenoxy) is 1. The van der Waals surface area contributed by atoms with Gasteiger partial charge in [0.15, 0.2) is 0 Å². The van der Waals surface area contributed by atoms with Crippen LogP contribution in [-0.4, -0.2) is 33.9 Å². The van der Waals surface area contributed by atoms with Gasteiger partial charge >= 0.3 is 5.69 Å². The second-order valence-electron chi connectivity index (χ2n) is 6.77. The first kappa shape index (κ1) is 18.0. The maximum absolute atomic E-state index is 12.9. The van der Waals surface area contributed by atoms with Gasteiger partial charge in [0.05, 0.1) is 24.9 Å². The number of benzene rings is 2. The molecule has 2 aromatic carbocycles. The summed E-state index contributed by atoms with van der Waals surface area (Å²) in [5.74, 6) is 1.40. The van der Waals surface area contributed by atoms with E-state index in [-0.39, 0.29) is 11.6 Å². The molecule has 0 spiro atoms. The number of rotatable bonds is 7. The molecule has 7 nitrogen and oxygen atoms in total. The van der Waals surface area contributed by atoms with Crippen LogP contribution in [0.5, 0.6) is 5.75 Å². The second-order valence-corrected chi connectivity index (χ2v) is 6.77. The first-order chi connectivity index (χ1) is 13.7. The molecule has 1 amide bonds. The van der Waals surface area contributed by atoms with Gasteiger partial charge in [-0.05, 0) is 37.1 Å². The number of aromatic nitrogens is 3. The molecule has 1 fully saturated rings. The Bertz CT molecular complexity index is 1040. The number of nitrogens with zero attached hydrogens (tertiary/aromatic N) is 3. The molecule has 0 bridgehead atoms. The zero-order chi connectivity index (χ0) is 19.5. The molecular formula is C21H22N4O3. The Labute approximate surface area is 162 Å². The minimum absolute atomic E-state index is 0.181. The summed E-state index contributed by atoms with van der Waals surface area (Å²) in [7, 11) is 1.53. The monoisotopic (exact) mass is 378 g/mol. The Morgan fingerprint density at radius 1 is 1.14 bits per heavy atom. The van der Waals surface area contributed by atoms with E-state index < -0.39 is 0 Å². The Balaban J connectivity index is 1.50. The first-order valence-corrected chi connectivity index (χ1v) is 9.35. The lowest BCUT2D eigenvalue weighted by Gasteiger charge is -2.08. The third-order valence-corrected chi connectivity index (χ3v) is 4.78. The molecule has 1 aromatic heterocycles. The van der Waals surface area contributed by atoms with Crippen LogP contribution >= 0.6 is 0 Å². The van der Waals surface area contributed by atoms with E-state index in [9.17, 15) is 9.59 Å². The van der Waals surface area contributed by atoms with Crippen LogP contribution in [0, 0.1) is 0 Å². The molecule has 0 aliphatic heterocycles. The normalized spacial score (nSPS) is 13.3. The predicted octanol–water partition coefficient (Wildman–Crippen LogP) is 2.35. The lowest BCUT2D eigenvalue weighted by molar-refractivity contribution is 0.0948. The van der Waals surface area contributed by atoms with Crippen molar-refractivity contribution in [3.8, 4) is 11.4 Å². The summed E-state index contributed by atoms with van der Waals surface area (Å²) >= 11 is 0. The predicted molar refractivity (Wildman–Crippen MR) is 105 cm³/mol. The number of amides is 1. The Hall–Kier alpha value is -3.35. The standard InChI is InChI=1S/C21H22N4O3/c1-28-18-10-6-5-9-17(18)20(26)22-13-14-24-21(27)25(16-7-3-2-4-8-16)19(23-24)15-11-12-15/h2-10,15H,11-14H2,1H3,(H,22,26). The smallest absolute Gasteiger partial charge is 0.350 e. The summed E-state index contributed by atoms with van der Waals surface area (Å²) < 4.78 is 8.33. The van der Waals surface area contributed by atoms with Crippen molar-refractivity contribution in [2.24, 2.45) is 0 Å². The number of nitrogens with one attached hydrogen (secondary N) is 1. The van der Waals surface area contributed by atoms with E-state index in [1.165, 1.54) is 11.8 Å². The molecule has 144 valence electrons. The van der Waals surface area contributed by atoms with E-state index in [1.807, 2.05) is 36.4 Å². The third-order valence-electron chi connectivity index (χ3n) is 4.78. The average molecular weight is 378 g/mol. The summed E-state index contributed by atoms with van der Waals surface area (Å²) in [6.07, 6.45) is 2.10. The lowest BCUT2D eigenvalue weighted by atomic mass is 10.2. The van der Waals surface area contributed by atoms with Gasteiger partial charge in [-0.3, -0.25) is 4.79 Å². The number of carbonyl (C=O) groups is 1. The average Bonchev–Trinajstić information content (AvgIpc) is 3.53. The van der Waals surface area contributed by atoms with E-state index in [4.69, 9.17) is 4.74 Å². The summed E-state index contributed by atoms with van der Waals surface area (Å²) in [5.41, 5.74) is 1.10. The van der Waals surface area contributed by atoms with Gasteiger partial charge in [0.1, 0.15) is 11.6 Å². The van der Waals surface area contributed by atoms with Crippen LogP contribution in [0.3, 0.4) is 0 Å². The fourth-order valence-corrected chi connectivity index (χ4v) is 3.20. The molecule has 0 atom stereocenters. The van der Waals surface area contributed by atoms with Crippen molar-refractivity contribution < 1.29 is 9.53 Å². The highest BCUT2D eigenvalue weighted by Gasteiger charge is 2.31. The summed E-state index contributed by atoms with van der Waals surface area (Å²) in [6.45, 7) is 0.603. The minimum atomic E-state index is -0.240. The number of carbonyl (C=O) groups excluding carboxylic acids is 1. The quantitative estimate of drug-likeness (QED) is 0.685. The van der Waals surface area contributed by atoms with Gasteiger partial charge in [0.25, 0.3) is 5.91 Å². The molecular weight excluding hydrogens is 356 g/mol. The number of hydrogen-bond acceptors (Lipinski definition) is 4. The molecule has 1 heterocycles. The maximum Gasteiger partial charge on any atom is 0.350 e. The molecule has 0 saturated heterocycles. The van der Waals surface area contributed by atoms with Crippen LogP contribution in [0.1, 0.15) is 34.9 Å². The van der Waals surface area contributed by atoms with Crippen molar-refractivity contribution in [3.63, 3.8) is 0 Å². The van der Waals surface area contributed by atoms with Crippen molar-refractivity contribution in [1.29, 1.82) is 0 Å². The molecule has 7 heteroatoms. The first-order valence-electron chi connectivity index (χ1n) is 9.35. The van der Waals surface area contributed by atoms with Crippen molar-refractivity contribution in [1.82, 2.24) is 19.7 Å². The third kappa shape index (κ3) is 3.55. The Morgan fingerprint density at radius 2 is 1.86 bits per heavy atom. The van der Waals surface area contributed by atoms with E-state index in [1.54, 1.807) is 22.8 Å². The fourth-order valence-electron chi connectivity index (χ4n) is 3.20. The largest absolute Gasteiger partial charge is 0.496 e. The zero-order valence-electron chi connectivity index (χ0n) is 15.7. The number of hydrogen-bond donors (Lipinski definition) is 1. The van der Waals surface area contributed by atoms with Crippen molar-refractivity contribution in [2.75, 3.05) is 13.7 Å². The second kappa shape index (κ2) is 7.72. The maximum atomic E-state index is 12.9. The van der Waals surface area contributed by atoms with E-state index >= 15 is 0 Å². The van der Waals surface area contributed by atoms with Crippen LogP contribution in [0.4, 0.5) is 0 Å². The van der Waals surface area contributed by atoms with Gasteiger partial charge in [-0.25, -0.2) is 14.0 Å². The fraction of sp³-hybridized carbons (Fsp3) is 0.286.